The van der Waals surface area contributed by atoms with Gasteiger partial charge in [-0.2, -0.15) is 0 Å². The molecule has 7 nitrogen and oxygen atoms in total. The van der Waals surface area contributed by atoms with E-state index in [4.69, 9.17) is 23.0 Å². The smallest absolute Gasteiger partial charge is 0.343 e. The number of carbonyl (C=O) groups excluding carboxylic acids is 2. The van der Waals surface area contributed by atoms with Crippen LogP contribution in [0.25, 0.3) is 10.8 Å². The topological polar surface area (TPSA) is 80.3 Å². The molecule has 1 unspecified atom stereocenters. The molecule has 1 atom stereocenters. The maximum absolute atomic E-state index is 12.7. The fourth-order valence-corrected chi connectivity index (χ4v) is 5.23. The normalized spacial score (nSPS) is 18.0. The number of fused-ring (bicyclic) bond motifs is 3. The Morgan fingerprint density at radius 1 is 0.962 bits per heavy atom. The number of methoxy groups -OCH3 is 2. The van der Waals surface area contributed by atoms with Gasteiger partial charge in [-0.25, -0.2) is 4.79 Å². The van der Waals surface area contributed by atoms with E-state index in [-0.39, 0.29) is 5.29 Å². The zero-order valence-electron chi connectivity index (χ0n) is 14.8. The van der Waals surface area contributed by atoms with Crippen LogP contribution in [-0.4, -0.2) is 45.7 Å². The molecule has 2 aromatic rings. The molecular weight excluding hydrogens is 359 g/mol. The van der Waals surface area contributed by atoms with Gasteiger partial charge in [0.1, 0.15) is 17.0 Å². The molecule has 1 aliphatic rings. The predicted octanol–water partition coefficient (Wildman–Crippen LogP) is 2.89. The Balaban J connectivity index is 2.43. The highest BCUT2D eigenvalue weighted by Gasteiger charge is 2.48. The highest BCUT2D eigenvalue weighted by Crippen LogP contribution is 2.59. The number of ether oxygens (including phenoxy) is 2. The lowest BCUT2D eigenvalue weighted by molar-refractivity contribution is -0.142. The Kier molecular flexibility index (Phi) is 5.05. The summed E-state index contributed by atoms with van der Waals surface area (Å²) < 4.78 is 26.9. The maximum atomic E-state index is 12.7. The van der Waals surface area contributed by atoms with Gasteiger partial charge >= 0.3 is 19.5 Å². The molecule has 1 heterocycles. The van der Waals surface area contributed by atoms with E-state index in [0.717, 1.165) is 10.8 Å². The Hall–Kier alpha value is -2.34. The van der Waals surface area contributed by atoms with Crippen LogP contribution < -0.4 is 4.52 Å². The molecule has 0 saturated carbocycles. The van der Waals surface area contributed by atoms with Crippen LogP contribution in [0.1, 0.15) is 11.5 Å². The number of esters is 2. The summed E-state index contributed by atoms with van der Waals surface area (Å²) in [4.78, 5) is 25.3. The zero-order chi connectivity index (χ0) is 18.9. The number of hydrogen-bond donors (Lipinski definition) is 0. The number of benzene rings is 2. The fourth-order valence-electron chi connectivity index (χ4n) is 3.15. The van der Waals surface area contributed by atoms with Crippen molar-refractivity contribution >= 4 is 35.6 Å². The molecule has 0 bridgehead atoms. The van der Waals surface area contributed by atoms with Crippen molar-refractivity contribution in [1.82, 2.24) is 0 Å². The molecule has 8 heteroatoms. The Labute approximate surface area is 151 Å². The molecule has 1 aliphatic heterocycles. The third kappa shape index (κ3) is 2.69. The lowest BCUT2D eigenvalue weighted by atomic mass is 9.89. The minimum absolute atomic E-state index is 0.0271. The highest BCUT2D eigenvalue weighted by molar-refractivity contribution is 7.65. The molecule has 0 aromatic heterocycles. The summed E-state index contributed by atoms with van der Waals surface area (Å²) in [7, 11) is 1.88. The molecule has 0 fully saturated rings. The Morgan fingerprint density at radius 3 is 2.27 bits per heavy atom. The Bertz CT molecular complexity index is 926. The van der Waals surface area contributed by atoms with Gasteiger partial charge in [0.15, 0.2) is 0 Å². The molecule has 0 N–H and O–H groups in total. The van der Waals surface area contributed by atoms with Crippen molar-refractivity contribution in [3.63, 3.8) is 0 Å². The van der Waals surface area contributed by atoms with Crippen LogP contribution >= 0.6 is 7.57 Å². The van der Waals surface area contributed by atoms with E-state index in [0.29, 0.717) is 11.3 Å². The minimum Gasteiger partial charge on any atom is -0.468 e. The van der Waals surface area contributed by atoms with Crippen molar-refractivity contribution in [3.05, 3.63) is 42.0 Å². The van der Waals surface area contributed by atoms with Gasteiger partial charge in [-0.3, -0.25) is 4.79 Å². The van der Waals surface area contributed by atoms with E-state index in [1.807, 2.05) is 30.3 Å². The second kappa shape index (κ2) is 7.11. The predicted molar refractivity (Wildman–Crippen MR) is 97.3 cm³/mol. The first kappa shape index (κ1) is 18.5. The molecule has 3 rings (SSSR count). The van der Waals surface area contributed by atoms with Crippen molar-refractivity contribution in [1.29, 1.82) is 0 Å². The maximum Gasteiger partial charge on any atom is 0.343 e. The minimum atomic E-state index is -3.33. The van der Waals surface area contributed by atoms with Gasteiger partial charge in [0.25, 0.3) is 0 Å². The van der Waals surface area contributed by atoms with Crippen LogP contribution in [0.2, 0.25) is 0 Å². The van der Waals surface area contributed by atoms with E-state index in [1.165, 1.54) is 28.4 Å². The Morgan fingerprint density at radius 2 is 1.65 bits per heavy atom. The SMILES string of the molecule is COC(=O)C1=P(OC)(OC)Oc2ccc3ccccc3c2C1C(=O)OC. The van der Waals surface area contributed by atoms with E-state index in [2.05, 4.69) is 0 Å². The number of carbonyl (C=O) groups is 2. The first-order chi connectivity index (χ1) is 12.5. The van der Waals surface area contributed by atoms with Gasteiger partial charge < -0.3 is 23.0 Å². The van der Waals surface area contributed by atoms with Crippen LogP contribution in [0.5, 0.6) is 5.75 Å². The first-order valence-corrected chi connectivity index (χ1v) is 9.32. The van der Waals surface area contributed by atoms with Crippen LogP contribution in [0, 0.1) is 0 Å². The second-order valence-electron chi connectivity index (χ2n) is 5.49. The summed E-state index contributed by atoms with van der Waals surface area (Å²) in [6, 6.07) is 11.1. The van der Waals surface area contributed by atoms with Crippen LogP contribution in [-0.2, 0) is 28.1 Å². The molecule has 26 heavy (non-hydrogen) atoms. The van der Waals surface area contributed by atoms with E-state index in [1.54, 1.807) is 6.07 Å². The van der Waals surface area contributed by atoms with E-state index >= 15 is 0 Å². The average molecular weight is 378 g/mol. The third-order valence-electron chi connectivity index (χ3n) is 4.32. The summed E-state index contributed by atoms with van der Waals surface area (Å²) in [5.74, 6) is -2.01. The lowest BCUT2D eigenvalue weighted by Gasteiger charge is -2.34. The molecule has 0 spiro atoms. The molecule has 2 aromatic carbocycles. The summed E-state index contributed by atoms with van der Waals surface area (Å²) in [6.07, 6.45) is 0. The molecule has 0 aliphatic carbocycles. The fraction of sp³-hybridized carbons (Fsp3) is 0.278. The van der Waals surface area contributed by atoms with Crippen molar-refractivity contribution in [2.24, 2.45) is 0 Å². The quantitative estimate of drug-likeness (QED) is 0.598. The van der Waals surface area contributed by atoms with E-state index in [9.17, 15) is 9.59 Å². The van der Waals surface area contributed by atoms with Crippen molar-refractivity contribution in [2.75, 3.05) is 28.4 Å². The average Bonchev–Trinajstić information content (AvgIpc) is 2.70. The van der Waals surface area contributed by atoms with Gasteiger partial charge in [0.05, 0.1) is 14.2 Å². The lowest BCUT2D eigenvalue weighted by Crippen LogP contribution is -2.35. The largest absolute Gasteiger partial charge is 0.468 e. The van der Waals surface area contributed by atoms with Gasteiger partial charge in [-0.1, -0.05) is 30.3 Å². The third-order valence-corrected chi connectivity index (χ3v) is 6.75. The molecule has 0 saturated heterocycles. The zero-order valence-corrected chi connectivity index (χ0v) is 15.7. The monoisotopic (exact) mass is 378 g/mol. The van der Waals surface area contributed by atoms with Gasteiger partial charge in [0, 0.05) is 19.8 Å². The molecule has 138 valence electrons. The number of hydrogen-bond acceptors (Lipinski definition) is 7. The molecule has 0 radical (unpaired) electrons. The van der Waals surface area contributed by atoms with Gasteiger partial charge in [-0.15, -0.1) is 0 Å². The number of rotatable bonds is 4. The van der Waals surface area contributed by atoms with Crippen LogP contribution in [0.4, 0.5) is 0 Å². The van der Waals surface area contributed by atoms with Crippen LogP contribution in [0.3, 0.4) is 0 Å². The second-order valence-corrected chi connectivity index (χ2v) is 7.88. The van der Waals surface area contributed by atoms with Crippen molar-refractivity contribution < 1.29 is 32.6 Å². The summed E-state index contributed by atoms with van der Waals surface area (Å²) in [5.41, 5.74) is 0.528. The highest BCUT2D eigenvalue weighted by atomic mass is 31.2. The van der Waals surface area contributed by atoms with Crippen LogP contribution in [0.15, 0.2) is 36.4 Å². The van der Waals surface area contributed by atoms with Gasteiger partial charge in [-0.05, 0) is 16.8 Å². The summed E-state index contributed by atoms with van der Waals surface area (Å²) in [6.45, 7) is 0. The standard InChI is InChI=1S/C18H19O7P/c1-21-17(19)15-14-12-8-6-5-7-11(12)9-10-13(14)25-26(23-3,24-4)16(15)18(20)22-2/h5-10,15H,1-4H3. The van der Waals surface area contributed by atoms with Gasteiger partial charge in [0.2, 0.25) is 0 Å². The van der Waals surface area contributed by atoms with Crippen molar-refractivity contribution in [3.8, 4) is 5.75 Å². The van der Waals surface area contributed by atoms with Crippen molar-refractivity contribution in [2.45, 2.75) is 5.92 Å². The molecule has 0 amide bonds. The molecular formula is C18H19O7P. The summed E-state index contributed by atoms with van der Waals surface area (Å²) >= 11 is 0. The van der Waals surface area contributed by atoms with E-state index < -0.39 is 25.4 Å². The first-order valence-electron chi connectivity index (χ1n) is 7.78. The summed E-state index contributed by atoms with van der Waals surface area (Å²) in [5, 5.41) is 1.64.